The molecule has 0 aromatic carbocycles. The van der Waals surface area contributed by atoms with Crippen molar-refractivity contribution in [3.63, 3.8) is 0 Å². The van der Waals surface area contributed by atoms with Gasteiger partial charge in [-0.05, 0) is 12.8 Å². The van der Waals surface area contributed by atoms with Gasteiger partial charge in [-0.15, -0.1) is 0 Å². The van der Waals surface area contributed by atoms with Gasteiger partial charge in [-0.2, -0.15) is 0 Å². The van der Waals surface area contributed by atoms with Gasteiger partial charge in [0.25, 0.3) is 0 Å². The minimum absolute atomic E-state index is 0.0978. The number of rotatable bonds is 10. The maximum Gasteiger partial charge on any atom is 0.323 e. The molecule has 0 bridgehead atoms. The van der Waals surface area contributed by atoms with Crippen LogP contribution >= 0.6 is 0 Å². The Labute approximate surface area is 116 Å². The van der Waals surface area contributed by atoms with Crippen LogP contribution in [0.4, 0.5) is 0 Å². The lowest BCUT2D eigenvalue weighted by atomic mass is 10.1. The molecule has 0 aromatic heterocycles. The van der Waals surface area contributed by atoms with Gasteiger partial charge in [0.05, 0.1) is 0 Å². The van der Waals surface area contributed by atoms with E-state index >= 15 is 0 Å². The maximum absolute atomic E-state index is 11.7. The molecule has 0 unspecified atom stereocenters. The Kier molecular flexibility index (Phi) is 8.73. The third-order valence-corrected chi connectivity index (χ3v) is 2.45. The summed E-state index contributed by atoms with van der Waals surface area (Å²) >= 11 is 0. The van der Waals surface area contributed by atoms with Crippen LogP contribution in [0, 0.1) is 0 Å². The van der Waals surface area contributed by atoms with E-state index in [0.29, 0.717) is 25.8 Å². The van der Waals surface area contributed by atoms with Crippen molar-refractivity contribution in [1.82, 2.24) is 10.2 Å². The fraction of sp³-hybridized carbons (Fsp3) is 0.667. The lowest BCUT2D eigenvalue weighted by Gasteiger charge is -2.18. The molecule has 0 atom stereocenters. The number of nitrogens with zero attached hydrogens (tertiary/aromatic N) is 1. The summed E-state index contributed by atoms with van der Waals surface area (Å²) in [4.78, 5) is 44.2. The zero-order chi connectivity index (χ0) is 15.5. The fourth-order valence-electron chi connectivity index (χ4n) is 1.56. The second-order valence-corrected chi connectivity index (χ2v) is 4.33. The van der Waals surface area contributed by atoms with E-state index in [2.05, 4.69) is 5.32 Å². The summed E-state index contributed by atoms with van der Waals surface area (Å²) in [6, 6.07) is 0. The number of carbonyl (C=O) groups excluding carboxylic acids is 2. The Hall–Kier alpha value is -2.12. The third kappa shape index (κ3) is 9.86. The number of carbonyl (C=O) groups is 4. The van der Waals surface area contributed by atoms with E-state index in [-0.39, 0.29) is 12.3 Å². The molecule has 8 heteroatoms. The Balaban J connectivity index is 3.97. The second kappa shape index (κ2) is 9.76. The third-order valence-electron chi connectivity index (χ3n) is 2.45. The van der Waals surface area contributed by atoms with Crippen molar-refractivity contribution < 1.29 is 29.4 Å². The number of amides is 2. The number of unbranched alkanes of at least 4 members (excludes halogenated alkanes) is 2. The zero-order valence-corrected chi connectivity index (χ0v) is 11.4. The molecule has 0 radical (unpaired) electrons. The van der Waals surface area contributed by atoms with Crippen molar-refractivity contribution in [2.75, 3.05) is 19.6 Å². The van der Waals surface area contributed by atoms with E-state index < -0.39 is 30.9 Å². The van der Waals surface area contributed by atoms with Crippen LogP contribution in [0.15, 0.2) is 0 Å². The van der Waals surface area contributed by atoms with Crippen LogP contribution in [0.1, 0.15) is 32.6 Å². The molecule has 8 nitrogen and oxygen atoms in total. The second-order valence-electron chi connectivity index (χ2n) is 4.33. The van der Waals surface area contributed by atoms with Gasteiger partial charge in [0.1, 0.15) is 13.1 Å². The first-order valence-electron chi connectivity index (χ1n) is 6.28. The van der Waals surface area contributed by atoms with Gasteiger partial charge in [-0.1, -0.05) is 6.42 Å². The predicted molar refractivity (Wildman–Crippen MR) is 69.0 cm³/mol. The average Bonchev–Trinajstić information content (AvgIpc) is 2.30. The highest BCUT2D eigenvalue weighted by atomic mass is 16.4. The van der Waals surface area contributed by atoms with Gasteiger partial charge in [0.2, 0.25) is 11.8 Å². The van der Waals surface area contributed by atoms with Gasteiger partial charge < -0.3 is 20.4 Å². The van der Waals surface area contributed by atoms with E-state index in [1.54, 1.807) is 0 Å². The van der Waals surface area contributed by atoms with E-state index in [4.69, 9.17) is 10.2 Å². The molecule has 0 aliphatic heterocycles. The lowest BCUT2D eigenvalue weighted by Crippen LogP contribution is -2.39. The standard InChI is InChI=1S/C12H20N2O6/c1-9(15)13-6-4-2-3-5-10(16)14(7-11(17)18)8-12(19)20/h2-8H2,1H3,(H,13,15)(H,17,18)(H,19,20). The molecule has 0 saturated heterocycles. The zero-order valence-electron chi connectivity index (χ0n) is 11.4. The number of hydrogen-bond acceptors (Lipinski definition) is 4. The highest BCUT2D eigenvalue weighted by Crippen LogP contribution is 2.03. The Morgan fingerprint density at radius 3 is 1.95 bits per heavy atom. The maximum atomic E-state index is 11.7. The van der Waals surface area contributed by atoms with Crippen LogP contribution < -0.4 is 5.32 Å². The molecule has 0 aromatic rings. The molecule has 0 rings (SSSR count). The van der Waals surface area contributed by atoms with Crippen LogP contribution in [0.3, 0.4) is 0 Å². The summed E-state index contributed by atoms with van der Waals surface area (Å²) in [6.07, 6.45) is 2.03. The number of carboxylic acids is 2. The molecule has 20 heavy (non-hydrogen) atoms. The number of nitrogens with one attached hydrogen (secondary N) is 1. The first-order chi connectivity index (χ1) is 9.32. The van der Waals surface area contributed by atoms with Crippen molar-refractivity contribution >= 4 is 23.8 Å². The van der Waals surface area contributed by atoms with Crippen LogP contribution in [-0.2, 0) is 19.2 Å². The summed E-state index contributed by atoms with van der Waals surface area (Å²) in [5, 5.41) is 19.8. The summed E-state index contributed by atoms with van der Waals surface area (Å²) in [5.41, 5.74) is 0. The van der Waals surface area contributed by atoms with Crippen molar-refractivity contribution in [3.05, 3.63) is 0 Å². The van der Waals surface area contributed by atoms with Crippen LogP contribution in [0.2, 0.25) is 0 Å². The van der Waals surface area contributed by atoms with Crippen molar-refractivity contribution in [2.45, 2.75) is 32.6 Å². The Morgan fingerprint density at radius 2 is 1.50 bits per heavy atom. The molecule has 0 spiro atoms. The largest absolute Gasteiger partial charge is 0.480 e. The number of aliphatic carboxylic acids is 2. The smallest absolute Gasteiger partial charge is 0.323 e. The number of hydrogen-bond donors (Lipinski definition) is 3. The van der Waals surface area contributed by atoms with Crippen LogP contribution in [-0.4, -0.2) is 58.5 Å². The summed E-state index contributed by atoms with van der Waals surface area (Å²) in [6.45, 7) is 0.713. The van der Waals surface area contributed by atoms with Gasteiger partial charge >= 0.3 is 11.9 Å². The van der Waals surface area contributed by atoms with Gasteiger partial charge in [-0.3, -0.25) is 19.2 Å². The minimum Gasteiger partial charge on any atom is -0.480 e. The molecule has 0 heterocycles. The topological polar surface area (TPSA) is 124 Å². The highest BCUT2D eigenvalue weighted by molar-refractivity contribution is 5.85. The van der Waals surface area contributed by atoms with Crippen LogP contribution in [0.5, 0.6) is 0 Å². The summed E-state index contributed by atoms with van der Waals surface area (Å²) in [7, 11) is 0. The summed E-state index contributed by atoms with van der Waals surface area (Å²) < 4.78 is 0. The number of carboxylic acid groups (broad SMARTS) is 2. The van der Waals surface area contributed by atoms with E-state index in [1.807, 2.05) is 0 Å². The monoisotopic (exact) mass is 288 g/mol. The molecule has 3 N–H and O–H groups in total. The molecule has 0 aliphatic rings. The van der Waals surface area contributed by atoms with Gasteiger partial charge in [0.15, 0.2) is 0 Å². The fourth-order valence-corrected chi connectivity index (χ4v) is 1.56. The van der Waals surface area contributed by atoms with Gasteiger partial charge in [0, 0.05) is 19.9 Å². The van der Waals surface area contributed by atoms with Gasteiger partial charge in [-0.25, -0.2) is 0 Å². The molecule has 114 valence electrons. The normalized spacial score (nSPS) is 9.85. The first kappa shape index (κ1) is 17.9. The predicted octanol–water partition coefficient (Wildman–Crippen LogP) is -0.319. The molecule has 0 fully saturated rings. The molecule has 0 saturated carbocycles. The quantitative estimate of drug-likeness (QED) is 0.473. The van der Waals surface area contributed by atoms with Crippen molar-refractivity contribution in [3.8, 4) is 0 Å². The highest BCUT2D eigenvalue weighted by Gasteiger charge is 2.18. The van der Waals surface area contributed by atoms with E-state index in [0.717, 1.165) is 4.90 Å². The Bertz CT molecular complexity index is 353. The average molecular weight is 288 g/mol. The molecule has 0 aliphatic carbocycles. The van der Waals surface area contributed by atoms with Crippen LogP contribution in [0.25, 0.3) is 0 Å². The lowest BCUT2D eigenvalue weighted by molar-refractivity contribution is -0.149. The molecule has 2 amide bonds. The molecular weight excluding hydrogens is 268 g/mol. The van der Waals surface area contributed by atoms with E-state index in [1.165, 1.54) is 6.92 Å². The molecular formula is C12H20N2O6. The first-order valence-corrected chi connectivity index (χ1v) is 6.28. The summed E-state index contributed by atoms with van der Waals surface area (Å²) in [5.74, 6) is -3.10. The SMILES string of the molecule is CC(=O)NCCCCCC(=O)N(CC(=O)O)CC(=O)O. The van der Waals surface area contributed by atoms with Crippen molar-refractivity contribution in [1.29, 1.82) is 0 Å². The van der Waals surface area contributed by atoms with E-state index in [9.17, 15) is 19.2 Å². The van der Waals surface area contributed by atoms with Crippen molar-refractivity contribution in [2.24, 2.45) is 0 Å². The Morgan fingerprint density at radius 1 is 0.950 bits per heavy atom. The minimum atomic E-state index is -1.25.